The minimum absolute atomic E-state index is 0.573. The fraction of sp³-hybridized carbons (Fsp3) is 0. The molecule has 0 atom stereocenters. The van der Waals surface area contributed by atoms with Gasteiger partial charge in [-0.2, -0.15) is 10.5 Å². The van der Waals surface area contributed by atoms with Crippen molar-refractivity contribution in [2.45, 2.75) is 0 Å². The van der Waals surface area contributed by atoms with Crippen LogP contribution < -0.4 is 0 Å². The second-order valence-corrected chi connectivity index (χ2v) is 16.9. The van der Waals surface area contributed by atoms with E-state index in [4.69, 9.17) is 9.97 Å². The van der Waals surface area contributed by atoms with Crippen LogP contribution in [0.4, 0.5) is 0 Å². The molecule has 67 heavy (non-hydrogen) atoms. The Morgan fingerprint density at radius 3 is 1.16 bits per heavy atom. The van der Waals surface area contributed by atoms with Gasteiger partial charge in [0.2, 0.25) is 0 Å². The average Bonchev–Trinajstić information content (AvgIpc) is 4.03. The zero-order valence-electron chi connectivity index (χ0n) is 35.8. The van der Waals surface area contributed by atoms with E-state index in [1.54, 1.807) is 0 Å². The molecule has 4 heterocycles. The van der Waals surface area contributed by atoms with Crippen molar-refractivity contribution in [3.05, 3.63) is 223 Å². The van der Waals surface area contributed by atoms with E-state index in [1.165, 1.54) is 10.8 Å². The average molecular weight is 854 g/mol. The van der Waals surface area contributed by atoms with E-state index in [0.717, 1.165) is 99.8 Å². The third-order valence-electron chi connectivity index (χ3n) is 13.1. The van der Waals surface area contributed by atoms with Gasteiger partial charge in [-0.15, -0.1) is 0 Å². The van der Waals surface area contributed by atoms with E-state index in [2.05, 4.69) is 153 Å². The van der Waals surface area contributed by atoms with Crippen LogP contribution in [0.15, 0.2) is 212 Å². The van der Waals surface area contributed by atoms with Gasteiger partial charge < -0.3 is 13.7 Å². The third kappa shape index (κ3) is 6.04. The molecule has 0 saturated heterocycles. The predicted octanol–water partition coefficient (Wildman–Crippen LogP) is 14.5. The van der Waals surface area contributed by atoms with Crippen LogP contribution in [-0.4, -0.2) is 23.7 Å². The van der Waals surface area contributed by atoms with Crippen molar-refractivity contribution >= 4 is 65.4 Å². The van der Waals surface area contributed by atoms with Crippen molar-refractivity contribution in [1.29, 1.82) is 10.5 Å². The SMILES string of the molecule is N#Cc1ccc2c(c1)c1cc(C#N)ccc1n2-c1ccc2c(c1)c1cc(-n3c4ccccc4c4ccccc43)ccc1n2-c1ccc(-c2cc(-c3ccccc3)nc(-c3ccccc3)n2)cc1. The summed E-state index contributed by atoms with van der Waals surface area (Å²) in [6.07, 6.45) is 0. The van der Waals surface area contributed by atoms with Crippen LogP contribution in [0, 0.1) is 22.7 Å². The molecular formula is C60H35N7. The van der Waals surface area contributed by atoms with Gasteiger partial charge >= 0.3 is 0 Å². The second kappa shape index (κ2) is 15.0. The fourth-order valence-electron chi connectivity index (χ4n) is 10.0. The smallest absolute Gasteiger partial charge is 0.160 e. The summed E-state index contributed by atoms with van der Waals surface area (Å²) in [5, 5.41) is 26.2. The summed E-state index contributed by atoms with van der Waals surface area (Å²) >= 11 is 0. The summed E-state index contributed by atoms with van der Waals surface area (Å²) in [6.45, 7) is 0. The molecule has 7 heteroatoms. The molecule has 0 aliphatic rings. The van der Waals surface area contributed by atoms with Crippen molar-refractivity contribution in [1.82, 2.24) is 23.7 Å². The van der Waals surface area contributed by atoms with E-state index >= 15 is 0 Å². The van der Waals surface area contributed by atoms with Gasteiger partial charge in [0.15, 0.2) is 5.82 Å². The van der Waals surface area contributed by atoms with Crippen LogP contribution in [0.2, 0.25) is 0 Å². The van der Waals surface area contributed by atoms with Gasteiger partial charge in [0.05, 0.1) is 67.8 Å². The summed E-state index contributed by atoms with van der Waals surface area (Å²) in [4.78, 5) is 10.1. The van der Waals surface area contributed by atoms with E-state index in [1.807, 2.05) is 84.9 Å². The standard InChI is InChI=1S/C60H35N7/c61-36-38-19-27-56-48(31-38)49-32-39(37-62)20-28-57(49)67(56)45-26-30-59-51(34-45)50-33-44(66-54-17-9-7-15-46(54)47-16-8-10-18-55(47)66)25-29-58(50)65(59)43-23-21-41(22-24-43)53-35-52(40-11-3-1-4-12-40)63-60(64-53)42-13-5-2-6-14-42/h1-35H. The third-order valence-corrected chi connectivity index (χ3v) is 13.1. The summed E-state index contributed by atoms with van der Waals surface area (Å²) in [7, 11) is 0. The molecule has 0 N–H and O–H groups in total. The molecule has 0 aliphatic heterocycles. The van der Waals surface area contributed by atoms with E-state index in [-0.39, 0.29) is 0 Å². The molecule has 0 unspecified atom stereocenters. The number of para-hydroxylation sites is 2. The second-order valence-electron chi connectivity index (χ2n) is 16.9. The van der Waals surface area contributed by atoms with Crippen molar-refractivity contribution in [3.8, 4) is 63.1 Å². The maximum Gasteiger partial charge on any atom is 0.160 e. The van der Waals surface area contributed by atoms with Gasteiger partial charge in [0.1, 0.15) is 0 Å². The van der Waals surface area contributed by atoms with Crippen LogP contribution >= 0.6 is 0 Å². The molecule has 0 saturated carbocycles. The molecule has 13 rings (SSSR count). The van der Waals surface area contributed by atoms with E-state index < -0.39 is 0 Å². The molecule has 7 nitrogen and oxygen atoms in total. The molecule has 9 aromatic carbocycles. The van der Waals surface area contributed by atoms with Crippen LogP contribution in [0.25, 0.3) is 116 Å². The van der Waals surface area contributed by atoms with Crippen molar-refractivity contribution in [3.63, 3.8) is 0 Å². The normalized spacial score (nSPS) is 11.6. The molecular weight excluding hydrogens is 819 g/mol. The molecule has 0 fully saturated rings. The first-order valence-electron chi connectivity index (χ1n) is 22.2. The topological polar surface area (TPSA) is 88.1 Å². The molecule has 13 aromatic rings. The lowest BCUT2D eigenvalue weighted by Gasteiger charge is -2.12. The van der Waals surface area contributed by atoms with E-state index in [0.29, 0.717) is 17.0 Å². The molecule has 4 aromatic heterocycles. The van der Waals surface area contributed by atoms with Crippen LogP contribution in [0.5, 0.6) is 0 Å². The monoisotopic (exact) mass is 853 g/mol. The van der Waals surface area contributed by atoms with Gasteiger partial charge in [-0.1, -0.05) is 109 Å². The number of rotatable bonds is 6. The largest absolute Gasteiger partial charge is 0.309 e. The quantitative estimate of drug-likeness (QED) is 0.167. The summed E-state index contributed by atoms with van der Waals surface area (Å²) in [5.41, 5.74) is 15.3. The molecule has 0 amide bonds. The number of nitriles is 2. The van der Waals surface area contributed by atoms with Gasteiger partial charge in [-0.3, -0.25) is 0 Å². The molecule has 0 spiro atoms. The predicted molar refractivity (Wildman–Crippen MR) is 271 cm³/mol. The first kappa shape index (κ1) is 37.9. The highest BCUT2D eigenvalue weighted by atomic mass is 15.0. The first-order valence-corrected chi connectivity index (χ1v) is 22.2. The summed E-state index contributed by atoms with van der Waals surface area (Å²) in [5.74, 6) is 0.678. The summed E-state index contributed by atoms with van der Waals surface area (Å²) in [6, 6.07) is 78.1. The van der Waals surface area contributed by atoms with Crippen LogP contribution in [-0.2, 0) is 0 Å². The molecule has 0 bridgehead atoms. The first-order chi connectivity index (χ1) is 33.1. The minimum Gasteiger partial charge on any atom is -0.309 e. The maximum atomic E-state index is 9.88. The number of benzene rings is 9. The zero-order valence-corrected chi connectivity index (χ0v) is 35.8. The Balaban J connectivity index is 1.02. The molecule has 0 radical (unpaired) electrons. The van der Waals surface area contributed by atoms with Gasteiger partial charge in [0.25, 0.3) is 0 Å². The highest BCUT2D eigenvalue weighted by molar-refractivity contribution is 6.14. The Labute approximate surface area is 384 Å². The maximum absolute atomic E-state index is 9.88. The van der Waals surface area contributed by atoms with Crippen LogP contribution in [0.3, 0.4) is 0 Å². The highest BCUT2D eigenvalue weighted by Crippen LogP contribution is 2.40. The van der Waals surface area contributed by atoms with Gasteiger partial charge in [-0.25, -0.2) is 9.97 Å². The van der Waals surface area contributed by atoms with Crippen molar-refractivity contribution in [2.24, 2.45) is 0 Å². The van der Waals surface area contributed by atoms with Gasteiger partial charge in [-0.05, 0) is 103 Å². The lowest BCUT2D eigenvalue weighted by Crippen LogP contribution is -1.98. The number of aromatic nitrogens is 5. The molecule has 0 aliphatic carbocycles. The number of hydrogen-bond donors (Lipinski definition) is 0. The van der Waals surface area contributed by atoms with Crippen LogP contribution in [0.1, 0.15) is 11.1 Å². The Kier molecular flexibility index (Phi) is 8.51. The highest BCUT2D eigenvalue weighted by Gasteiger charge is 2.20. The molecule has 310 valence electrons. The number of hydrogen-bond acceptors (Lipinski definition) is 4. The lowest BCUT2D eigenvalue weighted by atomic mass is 10.1. The summed E-state index contributed by atoms with van der Waals surface area (Å²) < 4.78 is 6.97. The minimum atomic E-state index is 0.573. The zero-order chi connectivity index (χ0) is 44.6. The number of nitrogens with zero attached hydrogens (tertiary/aromatic N) is 7. The Hall–Kier alpha value is -9.56. The van der Waals surface area contributed by atoms with Gasteiger partial charge in [0, 0.05) is 66.1 Å². The Bertz CT molecular complexity index is 4040. The Morgan fingerprint density at radius 1 is 0.299 bits per heavy atom. The fourth-order valence-corrected chi connectivity index (χ4v) is 10.0. The van der Waals surface area contributed by atoms with E-state index in [9.17, 15) is 10.5 Å². The Morgan fingerprint density at radius 2 is 0.672 bits per heavy atom. The van der Waals surface area contributed by atoms with Crippen molar-refractivity contribution in [2.75, 3.05) is 0 Å². The number of fused-ring (bicyclic) bond motifs is 9. The lowest BCUT2D eigenvalue weighted by molar-refractivity contribution is 1.16. The van der Waals surface area contributed by atoms with Crippen molar-refractivity contribution < 1.29 is 0 Å².